The van der Waals surface area contributed by atoms with Crippen molar-refractivity contribution < 1.29 is 4.74 Å². The number of benzene rings is 1. The highest BCUT2D eigenvalue weighted by Crippen LogP contribution is 2.08. The Hall–Kier alpha value is -0.130. The van der Waals surface area contributed by atoms with E-state index in [1.165, 1.54) is 9.13 Å². The van der Waals surface area contributed by atoms with Gasteiger partial charge in [0.15, 0.2) is 0 Å². The van der Waals surface area contributed by atoms with Gasteiger partial charge in [0.05, 0.1) is 6.61 Å². The second kappa shape index (κ2) is 7.19. The third-order valence-electron chi connectivity index (χ3n) is 2.09. The van der Waals surface area contributed by atoms with Crippen LogP contribution in [0.25, 0.3) is 0 Å². The molecule has 0 aromatic heterocycles. The lowest BCUT2D eigenvalue weighted by Gasteiger charge is -2.11. The van der Waals surface area contributed by atoms with Crippen molar-refractivity contribution in [2.45, 2.75) is 25.8 Å². The minimum absolute atomic E-state index is 0.108. The van der Waals surface area contributed by atoms with E-state index in [2.05, 4.69) is 53.8 Å². The van der Waals surface area contributed by atoms with E-state index in [0.717, 1.165) is 19.4 Å². The van der Waals surface area contributed by atoms with Gasteiger partial charge in [0.2, 0.25) is 0 Å². The molecule has 0 aliphatic rings. The molecule has 1 rings (SSSR count). The second-order valence-electron chi connectivity index (χ2n) is 3.67. The first-order valence-corrected chi connectivity index (χ1v) is 6.38. The highest BCUT2D eigenvalue weighted by molar-refractivity contribution is 14.1. The molecule has 15 heavy (non-hydrogen) atoms. The summed E-state index contributed by atoms with van der Waals surface area (Å²) in [7, 11) is 0. The average Bonchev–Trinajstić information content (AvgIpc) is 2.22. The van der Waals surface area contributed by atoms with E-state index in [1.54, 1.807) is 0 Å². The molecular formula is C12H18INO. The zero-order valence-corrected chi connectivity index (χ0v) is 11.2. The summed E-state index contributed by atoms with van der Waals surface area (Å²) in [6.45, 7) is 3.56. The number of halogens is 1. The summed E-state index contributed by atoms with van der Waals surface area (Å²) in [5, 5.41) is 0. The topological polar surface area (TPSA) is 35.2 Å². The van der Waals surface area contributed by atoms with E-state index >= 15 is 0 Å². The van der Waals surface area contributed by atoms with Gasteiger partial charge >= 0.3 is 0 Å². The van der Waals surface area contributed by atoms with Gasteiger partial charge in [0, 0.05) is 16.2 Å². The van der Waals surface area contributed by atoms with E-state index < -0.39 is 0 Å². The van der Waals surface area contributed by atoms with Crippen LogP contribution < -0.4 is 5.73 Å². The molecule has 2 nitrogen and oxygen atoms in total. The molecule has 0 aliphatic heterocycles. The summed E-state index contributed by atoms with van der Waals surface area (Å²) in [5.41, 5.74) is 7.24. The van der Waals surface area contributed by atoms with Crippen LogP contribution in [0, 0.1) is 3.57 Å². The maximum atomic E-state index is 5.96. The summed E-state index contributed by atoms with van der Waals surface area (Å²) in [5.74, 6) is 0. The van der Waals surface area contributed by atoms with E-state index in [9.17, 15) is 0 Å². The minimum Gasteiger partial charge on any atom is -0.380 e. The fraction of sp³-hybridized carbons (Fsp3) is 0.500. The van der Waals surface area contributed by atoms with Gasteiger partial charge in [-0.3, -0.25) is 0 Å². The molecule has 0 saturated heterocycles. The molecule has 0 amide bonds. The maximum absolute atomic E-state index is 5.96. The number of rotatable bonds is 6. The first-order chi connectivity index (χ1) is 7.22. The average molecular weight is 319 g/mol. The largest absolute Gasteiger partial charge is 0.380 e. The summed E-state index contributed by atoms with van der Waals surface area (Å²) in [6.07, 6.45) is 1.94. The van der Waals surface area contributed by atoms with Crippen molar-refractivity contribution in [1.29, 1.82) is 0 Å². The van der Waals surface area contributed by atoms with Crippen LogP contribution in [0.1, 0.15) is 18.9 Å². The van der Waals surface area contributed by atoms with Crippen LogP contribution in [0.5, 0.6) is 0 Å². The first kappa shape index (κ1) is 12.9. The number of ether oxygens (including phenoxy) is 1. The molecule has 0 radical (unpaired) electrons. The Morgan fingerprint density at radius 1 is 1.33 bits per heavy atom. The van der Waals surface area contributed by atoms with Crippen molar-refractivity contribution in [2.24, 2.45) is 5.73 Å². The molecule has 0 fully saturated rings. The van der Waals surface area contributed by atoms with Gasteiger partial charge < -0.3 is 10.5 Å². The van der Waals surface area contributed by atoms with Crippen molar-refractivity contribution in [3.63, 3.8) is 0 Å². The van der Waals surface area contributed by atoms with Gasteiger partial charge in [0.25, 0.3) is 0 Å². The fourth-order valence-corrected chi connectivity index (χ4v) is 1.72. The first-order valence-electron chi connectivity index (χ1n) is 5.30. The molecule has 0 saturated carbocycles. The highest BCUT2D eigenvalue weighted by Gasteiger charge is 2.03. The molecule has 1 aromatic carbocycles. The SMILES string of the molecule is CCCOCC(N)Cc1ccc(I)cc1. The highest BCUT2D eigenvalue weighted by atomic mass is 127. The van der Waals surface area contributed by atoms with Crippen molar-refractivity contribution in [3.05, 3.63) is 33.4 Å². The van der Waals surface area contributed by atoms with Crippen molar-refractivity contribution in [1.82, 2.24) is 0 Å². The van der Waals surface area contributed by atoms with Gasteiger partial charge in [-0.05, 0) is 53.1 Å². The third kappa shape index (κ3) is 5.49. The van der Waals surface area contributed by atoms with Gasteiger partial charge in [-0.25, -0.2) is 0 Å². The van der Waals surface area contributed by atoms with Gasteiger partial charge in [-0.2, -0.15) is 0 Å². The van der Waals surface area contributed by atoms with Crippen LogP contribution >= 0.6 is 22.6 Å². The van der Waals surface area contributed by atoms with Crippen LogP contribution in [0.4, 0.5) is 0 Å². The standard InChI is InChI=1S/C12H18INO/c1-2-7-15-9-12(14)8-10-3-5-11(13)6-4-10/h3-6,12H,2,7-9,14H2,1H3. The maximum Gasteiger partial charge on any atom is 0.0620 e. The Kier molecular flexibility index (Phi) is 6.20. The molecule has 3 heteroatoms. The van der Waals surface area contributed by atoms with Crippen LogP contribution in [0.15, 0.2) is 24.3 Å². The lowest BCUT2D eigenvalue weighted by atomic mass is 10.1. The predicted molar refractivity (Wildman–Crippen MR) is 71.9 cm³/mol. The fourth-order valence-electron chi connectivity index (χ4n) is 1.36. The molecule has 0 heterocycles. The Balaban J connectivity index is 2.31. The van der Waals surface area contributed by atoms with Crippen molar-refractivity contribution >= 4 is 22.6 Å². The lowest BCUT2D eigenvalue weighted by molar-refractivity contribution is 0.121. The molecule has 1 unspecified atom stereocenters. The molecule has 0 spiro atoms. The predicted octanol–water partition coefficient (Wildman–Crippen LogP) is 2.59. The normalized spacial score (nSPS) is 12.7. The van der Waals surface area contributed by atoms with Crippen LogP contribution in [-0.2, 0) is 11.2 Å². The lowest BCUT2D eigenvalue weighted by Crippen LogP contribution is -2.28. The Morgan fingerprint density at radius 3 is 2.60 bits per heavy atom. The number of hydrogen-bond donors (Lipinski definition) is 1. The second-order valence-corrected chi connectivity index (χ2v) is 4.91. The van der Waals surface area contributed by atoms with E-state index in [4.69, 9.17) is 10.5 Å². The number of hydrogen-bond acceptors (Lipinski definition) is 2. The van der Waals surface area contributed by atoms with Gasteiger partial charge in [-0.15, -0.1) is 0 Å². The zero-order chi connectivity index (χ0) is 11.1. The van der Waals surface area contributed by atoms with Gasteiger partial charge in [0.1, 0.15) is 0 Å². The monoisotopic (exact) mass is 319 g/mol. The van der Waals surface area contributed by atoms with Crippen LogP contribution in [-0.4, -0.2) is 19.3 Å². The molecular weight excluding hydrogens is 301 g/mol. The quantitative estimate of drug-likeness (QED) is 0.646. The molecule has 1 aromatic rings. The van der Waals surface area contributed by atoms with Crippen LogP contribution in [0.3, 0.4) is 0 Å². The smallest absolute Gasteiger partial charge is 0.0620 e. The minimum atomic E-state index is 0.108. The Bertz CT molecular complexity index is 273. The van der Waals surface area contributed by atoms with Crippen LogP contribution in [0.2, 0.25) is 0 Å². The zero-order valence-electron chi connectivity index (χ0n) is 9.08. The molecule has 0 bridgehead atoms. The third-order valence-corrected chi connectivity index (χ3v) is 2.81. The number of nitrogens with two attached hydrogens (primary N) is 1. The molecule has 84 valence electrons. The van der Waals surface area contributed by atoms with Crippen molar-refractivity contribution in [3.8, 4) is 0 Å². The van der Waals surface area contributed by atoms with Gasteiger partial charge in [-0.1, -0.05) is 19.1 Å². The molecule has 2 N–H and O–H groups in total. The summed E-state index contributed by atoms with van der Waals surface area (Å²) in [6, 6.07) is 8.57. The van der Waals surface area contributed by atoms with Crippen molar-refractivity contribution in [2.75, 3.05) is 13.2 Å². The molecule has 0 aliphatic carbocycles. The summed E-state index contributed by atoms with van der Waals surface area (Å²) >= 11 is 2.30. The summed E-state index contributed by atoms with van der Waals surface area (Å²) in [4.78, 5) is 0. The Labute approximate surface area is 105 Å². The Morgan fingerprint density at radius 2 is 2.00 bits per heavy atom. The molecule has 1 atom stereocenters. The van der Waals surface area contributed by atoms with E-state index in [1.807, 2.05) is 0 Å². The summed E-state index contributed by atoms with van der Waals surface area (Å²) < 4.78 is 6.67. The van der Waals surface area contributed by atoms with E-state index in [0.29, 0.717) is 6.61 Å². The van der Waals surface area contributed by atoms with E-state index in [-0.39, 0.29) is 6.04 Å².